The smallest absolute Gasteiger partial charge is 0.293 e. The van der Waals surface area contributed by atoms with Crippen LogP contribution < -0.4 is 5.32 Å². The fraction of sp³-hybridized carbons (Fsp3) is 0.667. The van der Waals surface area contributed by atoms with E-state index in [0.717, 1.165) is 38.7 Å². The zero-order chi connectivity index (χ0) is 19.4. The van der Waals surface area contributed by atoms with E-state index in [-0.39, 0.29) is 16.7 Å². The molecule has 0 radical (unpaired) electrons. The molecule has 1 N–H and O–H groups in total. The van der Waals surface area contributed by atoms with Gasteiger partial charge < -0.3 is 10.1 Å². The number of benzene rings is 1. The van der Waals surface area contributed by atoms with Gasteiger partial charge in [0.05, 0.1) is 15.9 Å². The summed E-state index contributed by atoms with van der Waals surface area (Å²) in [6, 6.07) is 4.11. The largest absolute Gasteiger partial charge is 0.379 e. The second-order valence-electron chi connectivity index (χ2n) is 7.37. The molecule has 150 valence electrons. The number of sulfonamides is 1. The standard InChI is InChI=1S/C18H27N3O5S/c1-14-7-10-20(11-8-14)27(24,25)16-4-5-17(18(13-16)21(22)23)19-9-6-15-3-2-12-26-15/h4-5,13-15,19H,2-3,6-12H2,1H3/t15-/m0/s1. The molecule has 1 atom stereocenters. The Labute approximate surface area is 160 Å². The van der Waals surface area contributed by atoms with Crippen LogP contribution >= 0.6 is 0 Å². The third-order valence-electron chi connectivity index (χ3n) is 5.35. The summed E-state index contributed by atoms with van der Waals surface area (Å²) in [7, 11) is -3.71. The minimum Gasteiger partial charge on any atom is -0.379 e. The fourth-order valence-corrected chi connectivity index (χ4v) is 5.08. The molecule has 0 saturated carbocycles. The number of nitrogens with zero attached hydrogens (tertiary/aromatic N) is 2. The van der Waals surface area contributed by atoms with Gasteiger partial charge in [0.25, 0.3) is 5.69 Å². The Morgan fingerprint density at radius 1 is 1.30 bits per heavy atom. The summed E-state index contributed by atoms with van der Waals surface area (Å²) in [5, 5.41) is 14.5. The van der Waals surface area contributed by atoms with Crippen molar-refractivity contribution in [2.45, 2.75) is 50.0 Å². The molecule has 1 aromatic rings. The average molecular weight is 397 g/mol. The minimum absolute atomic E-state index is 0.0200. The van der Waals surface area contributed by atoms with Crippen LogP contribution in [-0.2, 0) is 14.8 Å². The van der Waals surface area contributed by atoms with Crippen LogP contribution in [-0.4, -0.2) is 50.0 Å². The molecule has 2 aliphatic heterocycles. The van der Waals surface area contributed by atoms with E-state index in [2.05, 4.69) is 12.2 Å². The molecule has 2 fully saturated rings. The van der Waals surface area contributed by atoms with E-state index in [4.69, 9.17) is 4.74 Å². The van der Waals surface area contributed by atoms with E-state index < -0.39 is 14.9 Å². The van der Waals surface area contributed by atoms with Gasteiger partial charge in [-0.15, -0.1) is 0 Å². The molecular formula is C18H27N3O5S. The van der Waals surface area contributed by atoms with Gasteiger partial charge in [-0.3, -0.25) is 10.1 Å². The van der Waals surface area contributed by atoms with E-state index in [1.165, 1.54) is 22.5 Å². The summed E-state index contributed by atoms with van der Waals surface area (Å²) >= 11 is 0. The molecule has 1 aromatic carbocycles. The predicted molar refractivity (Wildman–Crippen MR) is 102 cm³/mol. The number of rotatable bonds is 7. The van der Waals surface area contributed by atoms with Gasteiger partial charge in [-0.2, -0.15) is 4.31 Å². The van der Waals surface area contributed by atoms with E-state index >= 15 is 0 Å². The molecular weight excluding hydrogens is 370 g/mol. The van der Waals surface area contributed by atoms with E-state index in [1.807, 2.05) is 0 Å². The second-order valence-corrected chi connectivity index (χ2v) is 9.31. The summed E-state index contributed by atoms with van der Waals surface area (Å²) in [6.45, 7) is 4.33. The number of ether oxygens (including phenoxy) is 1. The number of nitro benzene ring substituents is 1. The van der Waals surface area contributed by atoms with Gasteiger partial charge in [0.2, 0.25) is 10.0 Å². The van der Waals surface area contributed by atoms with E-state index in [0.29, 0.717) is 31.2 Å². The minimum atomic E-state index is -3.71. The third kappa shape index (κ3) is 4.77. The normalized spacial score (nSPS) is 22.0. The lowest BCUT2D eigenvalue weighted by Crippen LogP contribution is -2.37. The lowest BCUT2D eigenvalue weighted by atomic mass is 10.0. The topological polar surface area (TPSA) is 102 Å². The first kappa shape index (κ1) is 20.0. The molecule has 0 aromatic heterocycles. The molecule has 0 aliphatic carbocycles. The van der Waals surface area contributed by atoms with Gasteiger partial charge >= 0.3 is 0 Å². The molecule has 0 amide bonds. The zero-order valence-electron chi connectivity index (χ0n) is 15.6. The van der Waals surface area contributed by atoms with Gasteiger partial charge in [0, 0.05) is 32.3 Å². The summed E-state index contributed by atoms with van der Waals surface area (Å²) in [4.78, 5) is 10.9. The molecule has 2 saturated heterocycles. The van der Waals surface area contributed by atoms with Gasteiger partial charge in [-0.05, 0) is 50.2 Å². The number of nitrogens with one attached hydrogen (secondary N) is 1. The molecule has 27 heavy (non-hydrogen) atoms. The maximum atomic E-state index is 12.8. The molecule has 0 bridgehead atoms. The maximum Gasteiger partial charge on any atom is 0.293 e. The third-order valence-corrected chi connectivity index (χ3v) is 7.25. The number of hydrogen-bond acceptors (Lipinski definition) is 6. The van der Waals surface area contributed by atoms with Gasteiger partial charge in [-0.1, -0.05) is 6.92 Å². The van der Waals surface area contributed by atoms with Crippen LogP contribution in [0.1, 0.15) is 39.0 Å². The van der Waals surface area contributed by atoms with E-state index in [9.17, 15) is 18.5 Å². The Morgan fingerprint density at radius 2 is 2.04 bits per heavy atom. The molecule has 2 heterocycles. The number of nitro groups is 1. The van der Waals surface area contributed by atoms with Crippen LogP contribution in [0.15, 0.2) is 23.1 Å². The van der Waals surface area contributed by atoms with Crippen LogP contribution in [0.4, 0.5) is 11.4 Å². The van der Waals surface area contributed by atoms with Crippen LogP contribution in [0.5, 0.6) is 0 Å². The summed E-state index contributed by atoms with van der Waals surface area (Å²) < 4.78 is 32.6. The number of anilines is 1. The zero-order valence-corrected chi connectivity index (χ0v) is 16.4. The highest BCUT2D eigenvalue weighted by Gasteiger charge is 2.30. The van der Waals surface area contributed by atoms with Crippen molar-refractivity contribution in [3.63, 3.8) is 0 Å². The Hall–Kier alpha value is -1.71. The van der Waals surface area contributed by atoms with Gasteiger partial charge in [0.1, 0.15) is 5.69 Å². The molecule has 0 spiro atoms. The second kappa shape index (κ2) is 8.53. The Bertz CT molecular complexity index is 769. The molecule has 9 heteroatoms. The van der Waals surface area contributed by atoms with Gasteiger partial charge in [-0.25, -0.2) is 8.42 Å². The average Bonchev–Trinajstić information content (AvgIpc) is 3.15. The lowest BCUT2D eigenvalue weighted by Gasteiger charge is -2.29. The highest BCUT2D eigenvalue weighted by atomic mass is 32.2. The van der Waals surface area contributed by atoms with Crippen LogP contribution in [0.25, 0.3) is 0 Å². The molecule has 8 nitrogen and oxygen atoms in total. The van der Waals surface area contributed by atoms with Crippen molar-refractivity contribution in [2.24, 2.45) is 5.92 Å². The Balaban J connectivity index is 1.73. The molecule has 3 rings (SSSR count). The summed E-state index contributed by atoms with van der Waals surface area (Å²) in [6.07, 6.45) is 4.64. The van der Waals surface area contributed by atoms with Crippen molar-refractivity contribution in [3.05, 3.63) is 28.3 Å². The lowest BCUT2D eigenvalue weighted by molar-refractivity contribution is -0.384. The monoisotopic (exact) mass is 397 g/mol. The first-order chi connectivity index (χ1) is 12.9. The predicted octanol–water partition coefficient (Wildman–Crippen LogP) is 3.00. The van der Waals surface area contributed by atoms with Crippen molar-refractivity contribution >= 4 is 21.4 Å². The highest BCUT2D eigenvalue weighted by Crippen LogP contribution is 2.30. The van der Waals surface area contributed by atoms with Crippen molar-refractivity contribution in [1.29, 1.82) is 0 Å². The summed E-state index contributed by atoms with van der Waals surface area (Å²) in [5.41, 5.74) is 0.123. The maximum absolute atomic E-state index is 12.8. The first-order valence-electron chi connectivity index (χ1n) is 9.52. The Morgan fingerprint density at radius 3 is 2.67 bits per heavy atom. The van der Waals surface area contributed by atoms with Crippen molar-refractivity contribution < 1.29 is 18.1 Å². The summed E-state index contributed by atoms with van der Waals surface area (Å²) in [5.74, 6) is 0.501. The van der Waals surface area contributed by atoms with Crippen molar-refractivity contribution in [1.82, 2.24) is 4.31 Å². The number of hydrogen-bond donors (Lipinski definition) is 1. The van der Waals surface area contributed by atoms with E-state index in [1.54, 1.807) is 0 Å². The van der Waals surface area contributed by atoms with Crippen molar-refractivity contribution in [3.8, 4) is 0 Å². The quantitative estimate of drug-likeness (QED) is 0.560. The Kier molecular flexibility index (Phi) is 6.33. The SMILES string of the molecule is CC1CCN(S(=O)(=O)c2ccc(NCC[C@@H]3CCCO3)c([N+](=O)[O-])c2)CC1. The number of piperidine rings is 1. The van der Waals surface area contributed by atoms with Crippen molar-refractivity contribution in [2.75, 3.05) is 31.6 Å². The van der Waals surface area contributed by atoms with Crippen LogP contribution in [0, 0.1) is 16.0 Å². The first-order valence-corrected chi connectivity index (χ1v) is 11.0. The van der Waals surface area contributed by atoms with Crippen LogP contribution in [0.2, 0.25) is 0 Å². The van der Waals surface area contributed by atoms with Crippen LogP contribution in [0.3, 0.4) is 0 Å². The molecule has 2 aliphatic rings. The molecule has 0 unspecified atom stereocenters. The highest BCUT2D eigenvalue weighted by molar-refractivity contribution is 7.89. The van der Waals surface area contributed by atoms with Gasteiger partial charge in [0.15, 0.2) is 0 Å². The fourth-order valence-electron chi connectivity index (χ4n) is 3.59.